The van der Waals surface area contributed by atoms with Crippen molar-refractivity contribution in [1.29, 1.82) is 0 Å². The Balaban J connectivity index is 1.70. The van der Waals surface area contributed by atoms with Crippen LogP contribution in [0.2, 0.25) is 0 Å². The predicted octanol–water partition coefficient (Wildman–Crippen LogP) is 1.32. The Bertz CT molecular complexity index is 349. The van der Waals surface area contributed by atoms with E-state index in [4.69, 9.17) is 9.47 Å². The molecule has 2 rings (SSSR count). The summed E-state index contributed by atoms with van der Waals surface area (Å²) in [5.74, 6) is -0.364. The van der Waals surface area contributed by atoms with Gasteiger partial charge in [-0.25, -0.2) is 4.79 Å². The quantitative estimate of drug-likeness (QED) is 0.557. The molecular weight excluding hydrogens is 208 g/mol. The fraction of sp³-hybridized carbons (Fsp3) is 0.417. The number of carbonyl (C=O) groups is 1. The minimum atomic E-state index is -0.364. The summed E-state index contributed by atoms with van der Waals surface area (Å²) >= 11 is 0. The standard InChI is InChI=1S/C12H14O4/c1-14-11(13)8-15-7-10-12(16-10)9-5-3-2-4-6-9/h2-6,10,12H,7-8H2,1H3/t10-,12?/m0/s1. The Morgan fingerprint density at radius 3 is 2.81 bits per heavy atom. The summed E-state index contributed by atoms with van der Waals surface area (Å²) in [7, 11) is 1.34. The molecule has 0 saturated carbocycles. The molecule has 0 spiro atoms. The van der Waals surface area contributed by atoms with Crippen molar-refractivity contribution < 1.29 is 19.0 Å². The van der Waals surface area contributed by atoms with Crippen LogP contribution in [0, 0.1) is 0 Å². The molecule has 1 heterocycles. The molecule has 4 heteroatoms. The van der Waals surface area contributed by atoms with E-state index < -0.39 is 0 Å². The van der Waals surface area contributed by atoms with E-state index in [1.54, 1.807) is 0 Å². The summed E-state index contributed by atoms with van der Waals surface area (Å²) in [5.41, 5.74) is 1.15. The average Bonchev–Trinajstić information content (AvgIpc) is 3.09. The second-order valence-corrected chi connectivity index (χ2v) is 3.60. The van der Waals surface area contributed by atoms with Crippen LogP contribution in [0.1, 0.15) is 11.7 Å². The summed E-state index contributed by atoms with van der Waals surface area (Å²) in [4.78, 5) is 10.8. The highest BCUT2D eigenvalue weighted by Gasteiger charge is 2.40. The normalized spacial score (nSPS) is 22.8. The van der Waals surface area contributed by atoms with Crippen molar-refractivity contribution in [2.75, 3.05) is 20.3 Å². The highest BCUT2D eigenvalue weighted by atomic mass is 16.6. The topological polar surface area (TPSA) is 48.1 Å². The number of hydrogen-bond donors (Lipinski definition) is 0. The van der Waals surface area contributed by atoms with Gasteiger partial charge in [-0.15, -0.1) is 0 Å². The van der Waals surface area contributed by atoms with Gasteiger partial charge in [-0.2, -0.15) is 0 Å². The maximum absolute atomic E-state index is 10.8. The van der Waals surface area contributed by atoms with Gasteiger partial charge < -0.3 is 14.2 Å². The zero-order chi connectivity index (χ0) is 11.4. The summed E-state index contributed by atoms with van der Waals surface area (Å²) in [6.45, 7) is 0.409. The molecule has 1 aliphatic rings. The van der Waals surface area contributed by atoms with Gasteiger partial charge in [0.15, 0.2) is 0 Å². The third-order valence-electron chi connectivity index (χ3n) is 2.44. The van der Waals surface area contributed by atoms with Crippen LogP contribution in [0.3, 0.4) is 0 Å². The SMILES string of the molecule is COC(=O)COC[C@@H]1OC1c1ccccc1. The van der Waals surface area contributed by atoms with Crippen LogP contribution in [0.5, 0.6) is 0 Å². The zero-order valence-corrected chi connectivity index (χ0v) is 9.09. The van der Waals surface area contributed by atoms with Gasteiger partial charge in [-0.1, -0.05) is 30.3 Å². The lowest BCUT2D eigenvalue weighted by Gasteiger charge is -1.99. The molecule has 0 aliphatic carbocycles. The first-order chi connectivity index (χ1) is 7.81. The molecule has 0 aromatic heterocycles. The van der Waals surface area contributed by atoms with Crippen molar-refractivity contribution >= 4 is 5.97 Å². The number of benzene rings is 1. The molecule has 16 heavy (non-hydrogen) atoms. The van der Waals surface area contributed by atoms with Crippen LogP contribution < -0.4 is 0 Å². The van der Waals surface area contributed by atoms with Crippen LogP contribution in [0.15, 0.2) is 30.3 Å². The highest BCUT2D eigenvalue weighted by Crippen LogP contribution is 2.38. The molecule has 0 radical (unpaired) electrons. The van der Waals surface area contributed by atoms with Gasteiger partial charge in [0.1, 0.15) is 18.8 Å². The Morgan fingerprint density at radius 1 is 1.38 bits per heavy atom. The summed E-state index contributed by atoms with van der Waals surface area (Å²) in [5, 5.41) is 0. The third-order valence-corrected chi connectivity index (χ3v) is 2.44. The smallest absolute Gasteiger partial charge is 0.331 e. The molecule has 1 saturated heterocycles. The molecule has 1 fully saturated rings. The lowest BCUT2D eigenvalue weighted by atomic mass is 10.1. The minimum Gasteiger partial charge on any atom is -0.467 e. The molecule has 1 aromatic carbocycles. The first-order valence-electron chi connectivity index (χ1n) is 5.16. The van der Waals surface area contributed by atoms with E-state index in [-0.39, 0.29) is 24.8 Å². The fourth-order valence-electron chi connectivity index (χ4n) is 1.52. The molecule has 86 valence electrons. The van der Waals surface area contributed by atoms with E-state index in [0.717, 1.165) is 5.56 Å². The second kappa shape index (κ2) is 5.09. The van der Waals surface area contributed by atoms with Crippen molar-refractivity contribution in [3.63, 3.8) is 0 Å². The van der Waals surface area contributed by atoms with Crippen LogP contribution in [0.25, 0.3) is 0 Å². The van der Waals surface area contributed by atoms with Crippen molar-refractivity contribution in [2.45, 2.75) is 12.2 Å². The van der Waals surface area contributed by atoms with Gasteiger partial charge in [0.05, 0.1) is 13.7 Å². The fourth-order valence-corrected chi connectivity index (χ4v) is 1.52. The second-order valence-electron chi connectivity index (χ2n) is 3.60. The van der Waals surface area contributed by atoms with Gasteiger partial charge >= 0.3 is 5.97 Å². The average molecular weight is 222 g/mol. The molecule has 2 atom stereocenters. The molecule has 0 amide bonds. The van der Waals surface area contributed by atoms with Crippen molar-refractivity contribution in [1.82, 2.24) is 0 Å². The first kappa shape index (κ1) is 11.1. The Hall–Kier alpha value is -1.39. The van der Waals surface area contributed by atoms with Crippen LogP contribution in [-0.4, -0.2) is 32.4 Å². The van der Waals surface area contributed by atoms with Gasteiger partial charge in [0.25, 0.3) is 0 Å². The number of carbonyl (C=O) groups excluding carboxylic acids is 1. The number of epoxide rings is 1. The lowest BCUT2D eigenvalue weighted by molar-refractivity contribution is -0.146. The number of rotatable bonds is 5. The van der Waals surface area contributed by atoms with E-state index >= 15 is 0 Å². The predicted molar refractivity (Wildman–Crippen MR) is 56.9 cm³/mol. The zero-order valence-electron chi connectivity index (χ0n) is 9.09. The lowest BCUT2D eigenvalue weighted by Crippen LogP contribution is -2.13. The molecule has 0 bridgehead atoms. The van der Waals surface area contributed by atoms with Gasteiger partial charge in [-0.3, -0.25) is 0 Å². The van der Waals surface area contributed by atoms with Crippen LogP contribution in [-0.2, 0) is 19.0 Å². The Labute approximate surface area is 94.1 Å². The Morgan fingerprint density at radius 2 is 2.12 bits per heavy atom. The largest absolute Gasteiger partial charge is 0.467 e. The van der Waals surface area contributed by atoms with Crippen LogP contribution >= 0.6 is 0 Å². The van der Waals surface area contributed by atoms with E-state index in [2.05, 4.69) is 4.74 Å². The minimum absolute atomic E-state index is 0.0160. The van der Waals surface area contributed by atoms with E-state index in [1.807, 2.05) is 30.3 Å². The molecule has 1 unspecified atom stereocenters. The summed E-state index contributed by atoms with van der Waals surface area (Å²) in [6.07, 6.45) is 0.172. The maximum atomic E-state index is 10.8. The van der Waals surface area contributed by atoms with Gasteiger partial charge in [0.2, 0.25) is 0 Å². The molecule has 0 N–H and O–H groups in total. The van der Waals surface area contributed by atoms with E-state index in [1.165, 1.54) is 7.11 Å². The summed E-state index contributed by atoms with van der Waals surface area (Å²) in [6, 6.07) is 9.96. The number of ether oxygens (including phenoxy) is 3. The number of hydrogen-bond acceptors (Lipinski definition) is 4. The monoisotopic (exact) mass is 222 g/mol. The maximum Gasteiger partial charge on any atom is 0.331 e. The highest BCUT2D eigenvalue weighted by molar-refractivity contribution is 5.70. The molecular formula is C12H14O4. The third kappa shape index (κ3) is 2.81. The van der Waals surface area contributed by atoms with Gasteiger partial charge in [-0.05, 0) is 5.56 Å². The molecule has 4 nitrogen and oxygen atoms in total. The number of methoxy groups -OCH3 is 1. The molecule has 1 aromatic rings. The molecule has 1 aliphatic heterocycles. The van der Waals surface area contributed by atoms with E-state index in [0.29, 0.717) is 6.61 Å². The first-order valence-corrected chi connectivity index (χ1v) is 5.16. The Kier molecular flexibility index (Phi) is 3.54. The van der Waals surface area contributed by atoms with Crippen LogP contribution in [0.4, 0.5) is 0 Å². The van der Waals surface area contributed by atoms with Crippen molar-refractivity contribution in [3.05, 3.63) is 35.9 Å². The van der Waals surface area contributed by atoms with Crippen molar-refractivity contribution in [3.8, 4) is 0 Å². The van der Waals surface area contributed by atoms with Crippen molar-refractivity contribution in [2.24, 2.45) is 0 Å². The number of esters is 1. The van der Waals surface area contributed by atoms with Gasteiger partial charge in [0, 0.05) is 0 Å². The van der Waals surface area contributed by atoms with E-state index in [9.17, 15) is 4.79 Å². The summed E-state index contributed by atoms with van der Waals surface area (Å²) < 4.78 is 15.1.